The van der Waals surface area contributed by atoms with Crippen molar-refractivity contribution >= 4 is 17.1 Å². The number of rotatable bonds is 9. The fourth-order valence-corrected chi connectivity index (χ4v) is 3.65. The number of aliphatic hydroxyl groups is 2. The first-order valence-electron chi connectivity index (χ1n) is 10.8. The zero-order valence-electron chi connectivity index (χ0n) is 19.5. The van der Waals surface area contributed by atoms with E-state index in [-0.39, 0.29) is 18.1 Å². The number of benzene rings is 2. The van der Waals surface area contributed by atoms with Gasteiger partial charge in [-0.2, -0.15) is 0 Å². The molecule has 1 heterocycles. The van der Waals surface area contributed by atoms with Gasteiger partial charge in [0, 0.05) is 19.0 Å². The molecule has 3 N–H and O–H groups in total. The van der Waals surface area contributed by atoms with Crippen LogP contribution >= 0.6 is 0 Å². The largest absolute Gasteiger partial charge is 0.481 e. The van der Waals surface area contributed by atoms with Gasteiger partial charge >= 0.3 is 5.97 Å². The number of aryl methyl sites for hydroxylation is 3. The maximum Gasteiger partial charge on any atom is 0.305 e. The molecule has 10 heteroatoms. The first-order valence-corrected chi connectivity index (χ1v) is 10.8. The van der Waals surface area contributed by atoms with Crippen molar-refractivity contribution in [2.75, 3.05) is 0 Å². The number of aliphatic carboxylic acids is 1. The summed E-state index contributed by atoms with van der Waals surface area (Å²) in [7, 11) is 1.62. The summed E-state index contributed by atoms with van der Waals surface area (Å²) in [6, 6.07) is 9.12. The van der Waals surface area contributed by atoms with E-state index in [9.17, 15) is 23.8 Å². The third kappa shape index (κ3) is 6.43. The maximum atomic E-state index is 14.1. The Kier molecular flexibility index (Phi) is 8.21. The van der Waals surface area contributed by atoms with Crippen LogP contribution < -0.4 is 0 Å². The second kappa shape index (κ2) is 11.1. The summed E-state index contributed by atoms with van der Waals surface area (Å²) in [4.78, 5) is 10.8. The average Bonchev–Trinajstić information content (AvgIpc) is 3.20. The van der Waals surface area contributed by atoms with Crippen molar-refractivity contribution < 1.29 is 28.9 Å². The number of tetrazole rings is 1. The van der Waals surface area contributed by atoms with Gasteiger partial charge in [0.1, 0.15) is 11.6 Å². The number of hydrogen-bond donors (Lipinski definition) is 3. The summed E-state index contributed by atoms with van der Waals surface area (Å²) in [5.74, 6) is -1.63. The van der Waals surface area contributed by atoms with Crippen LogP contribution in [0.15, 0.2) is 48.6 Å². The highest BCUT2D eigenvalue weighted by atomic mass is 19.1. The zero-order valence-corrected chi connectivity index (χ0v) is 19.5. The van der Waals surface area contributed by atoms with Crippen molar-refractivity contribution in [1.29, 1.82) is 0 Å². The molecule has 0 spiro atoms. The number of allylic oxidation sites excluding steroid dienone is 2. The minimum absolute atomic E-state index is 0.201. The van der Waals surface area contributed by atoms with Gasteiger partial charge in [-0.1, -0.05) is 24.3 Å². The summed E-state index contributed by atoms with van der Waals surface area (Å²) in [5, 5.41) is 40.8. The van der Waals surface area contributed by atoms with Crippen molar-refractivity contribution in [3.05, 3.63) is 88.3 Å². The Hall–Kier alpha value is -3.76. The summed E-state index contributed by atoms with van der Waals surface area (Å²) >= 11 is 0. The van der Waals surface area contributed by atoms with E-state index in [1.807, 2.05) is 0 Å². The van der Waals surface area contributed by atoms with Crippen LogP contribution in [0, 0.1) is 25.5 Å². The van der Waals surface area contributed by atoms with Gasteiger partial charge in [0.05, 0.1) is 18.6 Å². The van der Waals surface area contributed by atoms with Gasteiger partial charge in [-0.15, -0.1) is 5.10 Å². The molecular formula is C25H26F2N4O4. The Morgan fingerprint density at radius 2 is 1.63 bits per heavy atom. The van der Waals surface area contributed by atoms with Gasteiger partial charge in [0.2, 0.25) is 0 Å². The van der Waals surface area contributed by atoms with Crippen LogP contribution in [-0.4, -0.2) is 53.7 Å². The topological polar surface area (TPSA) is 121 Å². The van der Waals surface area contributed by atoms with Gasteiger partial charge in [-0.05, 0) is 76.4 Å². The van der Waals surface area contributed by atoms with E-state index >= 15 is 0 Å². The van der Waals surface area contributed by atoms with E-state index in [1.165, 1.54) is 22.9 Å². The molecule has 0 aliphatic heterocycles. The molecule has 3 rings (SSSR count). The fraction of sp³-hybridized carbons (Fsp3) is 0.280. The molecule has 0 amide bonds. The molecular weight excluding hydrogens is 458 g/mol. The van der Waals surface area contributed by atoms with Crippen molar-refractivity contribution in [1.82, 2.24) is 20.2 Å². The van der Waals surface area contributed by atoms with E-state index in [0.717, 1.165) is 0 Å². The lowest BCUT2D eigenvalue weighted by atomic mass is 9.90. The minimum atomic E-state index is -1.24. The molecule has 0 aliphatic carbocycles. The summed E-state index contributed by atoms with van der Waals surface area (Å²) < 4.78 is 29.6. The highest BCUT2D eigenvalue weighted by Crippen LogP contribution is 2.34. The van der Waals surface area contributed by atoms with Crippen LogP contribution in [0.5, 0.6) is 0 Å². The highest BCUT2D eigenvalue weighted by Gasteiger charge is 2.19. The SMILES string of the molecule is Cc1cc(C(=C(C=CC(O)C[C@@H](O)CC(=O)O)c2nnnn2C)c2ccc(F)c(C)c2)ccc1F. The smallest absolute Gasteiger partial charge is 0.305 e. The second-order valence-corrected chi connectivity index (χ2v) is 8.26. The average molecular weight is 485 g/mol. The number of halogens is 2. The lowest BCUT2D eigenvalue weighted by molar-refractivity contribution is -0.139. The normalized spacial score (nSPS) is 13.1. The Morgan fingerprint density at radius 3 is 2.09 bits per heavy atom. The van der Waals surface area contributed by atoms with Crippen LogP contribution in [0.4, 0.5) is 8.78 Å². The first kappa shape index (κ1) is 25.9. The van der Waals surface area contributed by atoms with Crippen LogP contribution in [0.25, 0.3) is 11.1 Å². The van der Waals surface area contributed by atoms with Crippen LogP contribution in [0.2, 0.25) is 0 Å². The maximum absolute atomic E-state index is 14.1. The van der Waals surface area contributed by atoms with Crippen molar-refractivity contribution in [2.45, 2.75) is 38.9 Å². The quantitative estimate of drug-likeness (QED) is 0.399. The summed E-state index contributed by atoms with van der Waals surface area (Å²) in [5.41, 5.74) is 3.02. The Labute approximate surface area is 200 Å². The monoisotopic (exact) mass is 484 g/mol. The van der Waals surface area contributed by atoms with Gasteiger partial charge < -0.3 is 15.3 Å². The van der Waals surface area contributed by atoms with E-state index < -0.39 is 24.6 Å². The van der Waals surface area contributed by atoms with Gasteiger partial charge in [-0.3, -0.25) is 4.79 Å². The molecule has 3 aromatic rings. The summed E-state index contributed by atoms with van der Waals surface area (Å²) in [6.07, 6.45) is -0.177. The van der Waals surface area contributed by atoms with E-state index in [0.29, 0.717) is 39.2 Å². The predicted molar refractivity (Wildman–Crippen MR) is 125 cm³/mol. The van der Waals surface area contributed by atoms with Gasteiger partial charge in [0.25, 0.3) is 0 Å². The molecule has 2 atom stereocenters. The zero-order chi connectivity index (χ0) is 25.7. The Morgan fingerprint density at radius 1 is 1.06 bits per heavy atom. The molecule has 0 saturated heterocycles. The number of aliphatic hydroxyl groups excluding tert-OH is 2. The van der Waals surface area contributed by atoms with Crippen molar-refractivity contribution in [3.8, 4) is 0 Å². The number of nitrogens with zero attached hydrogens (tertiary/aromatic N) is 4. The molecule has 1 unspecified atom stereocenters. The Balaban J connectivity index is 2.21. The number of carboxylic acids is 1. The molecule has 8 nitrogen and oxygen atoms in total. The molecule has 2 aromatic carbocycles. The molecule has 0 saturated carbocycles. The van der Waals surface area contributed by atoms with E-state index in [4.69, 9.17) is 5.11 Å². The third-order valence-electron chi connectivity index (χ3n) is 5.43. The molecule has 35 heavy (non-hydrogen) atoms. The fourth-order valence-electron chi connectivity index (χ4n) is 3.65. The molecule has 0 bridgehead atoms. The Bertz CT molecular complexity index is 1230. The van der Waals surface area contributed by atoms with E-state index in [1.54, 1.807) is 51.2 Å². The first-order chi connectivity index (χ1) is 16.6. The standard InChI is InChI=1S/C25H26F2N4O4/c1-14-10-16(4-8-21(14)26)24(17-5-9-22(27)15(2)11-17)20(25-28-29-30-31(25)3)7-6-18(32)12-19(33)13-23(34)35/h4-11,18-19,32-33H,12-13H2,1-3H3,(H,34,35)/t18?,19-/m1/s1. The lowest BCUT2D eigenvalue weighted by Crippen LogP contribution is -2.19. The molecule has 0 fully saturated rings. The lowest BCUT2D eigenvalue weighted by Gasteiger charge is -2.16. The number of carbonyl (C=O) groups is 1. The number of carboxylic acid groups (broad SMARTS) is 1. The van der Waals surface area contributed by atoms with Crippen molar-refractivity contribution in [2.24, 2.45) is 7.05 Å². The number of aromatic nitrogens is 4. The van der Waals surface area contributed by atoms with E-state index in [2.05, 4.69) is 15.5 Å². The van der Waals surface area contributed by atoms with Gasteiger partial charge in [0.15, 0.2) is 5.82 Å². The number of hydrogen-bond acceptors (Lipinski definition) is 6. The summed E-state index contributed by atoms with van der Waals surface area (Å²) in [6.45, 7) is 3.25. The second-order valence-electron chi connectivity index (χ2n) is 8.26. The molecule has 0 aliphatic rings. The van der Waals surface area contributed by atoms with Crippen LogP contribution in [-0.2, 0) is 11.8 Å². The minimum Gasteiger partial charge on any atom is -0.481 e. The molecule has 0 radical (unpaired) electrons. The molecule has 184 valence electrons. The van der Waals surface area contributed by atoms with Crippen LogP contribution in [0.1, 0.15) is 40.9 Å². The predicted octanol–water partition coefficient (Wildman–Crippen LogP) is 3.21. The highest BCUT2D eigenvalue weighted by molar-refractivity contribution is 6.01. The third-order valence-corrected chi connectivity index (χ3v) is 5.43. The molecule has 1 aromatic heterocycles. The van der Waals surface area contributed by atoms with Crippen LogP contribution in [0.3, 0.4) is 0 Å². The van der Waals surface area contributed by atoms with Gasteiger partial charge in [-0.25, -0.2) is 13.5 Å². The van der Waals surface area contributed by atoms with Crippen molar-refractivity contribution in [3.63, 3.8) is 0 Å².